The maximum Gasteiger partial charge on any atom is 0.175 e. The van der Waals surface area contributed by atoms with Gasteiger partial charge >= 0.3 is 0 Å². The molecule has 0 saturated heterocycles. The van der Waals surface area contributed by atoms with Crippen molar-refractivity contribution < 1.29 is 4.52 Å². The summed E-state index contributed by atoms with van der Waals surface area (Å²) < 4.78 is 6.06. The Morgan fingerprint density at radius 3 is 1.85 bits per heavy atom. The summed E-state index contributed by atoms with van der Waals surface area (Å²) in [6, 6.07) is 45.2. The summed E-state index contributed by atoms with van der Waals surface area (Å²) in [7, 11) is 0. The van der Waals surface area contributed by atoms with Gasteiger partial charge in [-0.25, -0.2) is 0 Å². The number of hydrogen-bond acceptors (Lipinski definition) is 3. The van der Waals surface area contributed by atoms with E-state index in [1.165, 1.54) is 16.5 Å². The third-order valence-electron chi connectivity index (χ3n) is 7.64. The first kappa shape index (κ1) is 24.2. The summed E-state index contributed by atoms with van der Waals surface area (Å²) in [4.78, 5) is 2.31. The second-order valence-electron chi connectivity index (χ2n) is 11.4. The Morgan fingerprint density at radius 2 is 1.12 bits per heavy atom. The molecular formula is C37H30N2O. The van der Waals surface area contributed by atoms with Crippen LogP contribution in [0.2, 0.25) is 0 Å². The molecule has 0 aliphatic rings. The predicted molar refractivity (Wildman–Crippen MR) is 168 cm³/mol. The van der Waals surface area contributed by atoms with E-state index >= 15 is 0 Å². The fourth-order valence-corrected chi connectivity index (χ4v) is 5.66. The lowest BCUT2D eigenvalue weighted by atomic mass is 9.89. The van der Waals surface area contributed by atoms with Gasteiger partial charge in [-0.15, -0.1) is 0 Å². The number of hydrogen-bond donors (Lipinski definition) is 0. The van der Waals surface area contributed by atoms with E-state index in [4.69, 9.17) is 4.52 Å². The third kappa shape index (κ3) is 4.11. The smallest absolute Gasteiger partial charge is 0.175 e. The molecule has 0 fully saturated rings. The zero-order chi connectivity index (χ0) is 27.3. The van der Waals surface area contributed by atoms with Crippen molar-refractivity contribution in [1.29, 1.82) is 0 Å². The number of nitrogens with zero attached hydrogens (tertiary/aromatic N) is 2. The lowest BCUT2D eigenvalue weighted by Gasteiger charge is -2.26. The molecule has 194 valence electrons. The molecule has 0 spiro atoms. The van der Waals surface area contributed by atoms with Crippen molar-refractivity contribution >= 4 is 49.6 Å². The Bertz CT molecular complexity index is 1970. The van der Waals surface area contributed by atoms with Gasteiger partial charge in [0, 0.05) is 33.2 Å². The van der Waals surface area contributed by atoms with Gasteiger partial charge in [-0.2, -0.15) is 0 Å². The van der Waals surface area contributed by atoms with E-state index < -0.39 is 0 Å². The fourth-order valence-electron chi connectivity index (χ4n) is 5.66. The summed E-state index contributed by atoms with van der Waals surface area (Å²) in [5.41, 5.74) is 7.44. The van der Waals surface area contributed by atoms with E-state index in [1.807, 2.05) is 0 Å². The van der Waals surface area contributed by atoms with Gasteiger partial charge in [0.1, 0.15) is 0 Å². The maximum absolute atomic E-state index is 6.06. The summed E-state index contributed by atoms with van der Waals surface area (Å²) in [5, 5.41) is 10.2. The molecule has 3 heteroatoms. The summed E-state index contributed by atoms with van der Waals surface area (Å²) in [5.74, 6) is 0. The highest BCUT2D eigenvalue weighted by atomic mass is 16.5. The number of fused-ring (bicyclic) bond motifs is 5. The molecule has 0 bridgehead atoms. The van der Waals surface area contributed by atoms with Crippen LogP contribution >= 0.6 is 0 Å². The van der Waals surface area contributed by atoms with E-state index in [0.717, 1.165) is 49.9 Å². The molecule has 0 radical (unpaired) electrons. The molecule has 0 atom stereocenters. The molecule has 0 N–H and O–H groups in total. The Kier molecular flexibility index (Phi) is 5.67. The Balaban J connectivity index is 1.43. The molecule has 7 aromatic rings. The molecule has 6 aromatic carbocycles. The van der Waals surface area contributed by atoms with Gasteiger partial charge in [-0.05, 0) is 69.8 Å². The molecule has 0 aliphatic heterocycles. The van der Waals surface area contributed by atoms with Crippen LogP contribution in [0.15, 0.2) is 132 Å². The van der Waals surface area contributed by atoms with Crippen LogP contribution < -0.4 is 4.90 Å². The van der Waals surface area contributed by atoms with Crippen LogP contribution in [0.4, 0.5) is 17.1 Å². The number of para-hydroxylation sites is 1. The number of rotatable bonds is 4. The minimum atomic E-state index is -0.106. The monoisotopic (exact) mass is 518 g/mol. The highest BCUT2D eigenvalue weighted by Gasteiger charge is 2.23. The van der Waals surface area contributed by atoms with Crippen molar-refractivity contribution in [3.63, 3.8) is 0 Å². The van der Waals surface area contributed by atoms with Crippen LogP contribution in [0.1, 0.15) is 26.5 Å². The van der Waals surface area contributed by atoms with E-state index in [0.29, 0.717) is 0 Å². The van der Waals surface area contributed by atoms with Gasteiger partial charge in [-0.1, -0.05) is 111 Å². The first-order valence-electron chi connectivity index (χ1n) is 13.7. The van der Waals surface area contributed by atoms with Gasteiger partial charge in [0.15, 0.2) is 5.58 Å². The van der Waals surface area contributed by atoms with Crippen molar-refractivity contribution in [2.75, 3.05) is 4.90 Å². The maximum atomic E-state index is 6.06. The average molecular weight is 519 g/mol. The van der Waals surface area contributed by atoms with Crippen LogP contribution in [0.25, 0.3) is 43.6 Å². The zero-order valence-corrected chi connectivity index (χ0v) is 22.9. The molecule has 0 aliphatic carbocycles. The average Bonchev–Trinajstić information content (AvgIpc) is 3.44. The highest BCUT2D eigenvalue weighted by molar-refractivity contribution is 6.19. The standard InChI is InChI=1S/C37H30N2O/c1-37(2,3)36-32-23-19-28-15-14-27-18-22-31(24-33(27)34(28)35(32)40-38-36)39(29-12-8-5-9-13-29)30-20-16-26(17-21-30)25-10-6-4-7-11-25/h4-24H,1-3H3. The van der Waals surface area contributed by atoms with E-state index in [-0.39, 0.29) is 5.41 Å². The minimum Gasteiger partial charge on any atom is -0.355 e. The first-order chi connectivity index (χ1) is 19.5. The van der Waals surface area contributed by atoms with E-state index in [1.54, 1.807) is 0 Å². The van der Waals surface area contributed by atoms with Gasteiger partial charge in [-0.3, -0.25) is 0 Å². The normalized spacial score (nSPS) is 11.9. The Morgan fingerprint density at radius 1 is 0.550 bits per heavy atom. The third-order valence-corrected chi connectivity index (χ3v) is 7.64. The second kappa shape index (κ2) is 9.39. The number of anilines is 3. The molecule has 3 nitrogen and oxygen atoms in total. The van der Waals surface area contributed by atoms with Crippen LogP contribution in [-0.2, 0) is 5.41 Å². The minimum absolute atomic E-state index is 0.106. The van der Waals surface area contributed by atoms with Crippen molar-refractivity contribution in [2.24, 2.45) is 0 Å². The summed E-state index contributed by atoms with van der Waals surface area (Å²) in [6.07, 6.45) is 0. The molecule has 0 unspecified atom stereocenters. The van der Waals surface area contributed by atoms with Crippen LogP contribution in [-0.4, -0.2) is 5.16 Å². The quantitative estimate of drug-likeness (QED) is 0.217. The zero-order valence-electron chi connectivity index (χ0n) is 22.9. The number of benzene rings is 6. The number of aromatic nitrogens is 1. The fraction of sp³-hybridized carbons (Fsp3) is 0.108. The van der Waals surface area contributed by atoms with Gasteiger partial charge in [0.05, 0.1) is 5.69 Å². The van der Waals surface area contributed by atoms with Gasteiger partial charge in [0.25, 0.3) is 0 Å². The summed E-state index contributed by atoms with van der Waals surface area (Å²) >= 11 is 0. The Labute approximate surface area is 234 Å². The van der Waals surface area contributed by atoms with Crippen LogP contribution in [0, 0.1) is 0 Å². The van der Waals surface area contributed by atoms with Crippen LogP contribution in [0.5, 0.6) is 0 Å². The molecule has 1 heterocycles. The molecule has 7 rings (SSSR count). The first-order valence-corrected chi connectivity index (χ1v) is 13.7. The SMILES string of the molecule is CC(C)(C)c1noc2c1ccc1ccc3ccc(N(c4ccccc4)c4ccc(-c5ccccc5)cc4)cc3c12. The predicted octanol–water partition coefficient (Wildman–Crippen LogP) is 10.6. The Hall–Kier alpha value is -4.89. The molecule has 1 aromatic heterocycles. The van der Waals surface area contributed by atoms with E-state index in [9.17, 15) is 0 Å². The van der Waals surface area contributed by atoms with Crippen LogP contribution in [0.3, 0.4) is 0 Å². The van der Waals surface area contributed by atoms with Crippen molar-refractivity contribution in [3.8, 4) is 11.1 Å². The van der Waals surface area contributed by atoms with Gasteiger partial charge in [0.2, 0.25) is 0 Å². The van der Waals surface area contributed by atoms with Crippen molar-refractivity contribution in [3.05, 3.63) is 133 Å². The topological polar surface area (TPSA) is 29.3 Å². The lowest BCUT2D eigenvalue weighted by Crippen LogP contribution is -2.11. The van der Waals surface area contributed by atoms with Crippen molar-refractivity contribution in [2.45, 2.75) is 26.2 Å². The molecule has 40 heavy (non-hydrogen) atoms. The largest absolute Gasteiger partial charge is 0.355 e. The lowest BCUT2D eigenvalue weighted by molar-refractivity contribution is 0.421. The van der Waals surface area contributed by atoms with E-state index in [2.05, 4.69) is 158 Å². The summed E-state index contributed by atoms with van der Waals surface area (Å²) in [6.45, 7) is 6.53. The van der Waals surface area contributed by atoms with Gasteiger partial charge < -0.3 is 9.42 Å². The molecular weight excluding hydrogens is 488 g/mol. The molecule has 0 saturated carbocycles. The van der Waals surface area contributed by atoms with Crippen molar-refractivity contribution in [1.82, 2.24) is 5.16 Å². The second-order valence-corrected chi connectivity index (χ2v) is 11.4. The highest BCUT2D eigenvalue weighted by Crippen LogP contribution is 2.41. The molecule has 0 amide bonds.